The quantitative estimate of drug-likeness (QED) is 0.550. The van der Waals surface area contributed by atoms with E-state index >= 15 is 0 Å². The van der Waals surface area contributed by atoms with Gasteiger partial charge in [-0.1, -0.05) is 29.8 Å². The van der Waals surface area contributed by atoms with Crippen LogP contribution in [0.25, 0.3) is 0 Å². The van der Waals surface area contributed by atoms with Gasteiger partial charge in [-0.2, -0.15) is 13.2 Å². The fraction of sp³-hybridized carbons (Fsp3) is 0.300. The Morgan fingerprint density at radius 2 is 2.03 bits per heavy atom. The van der Waals surface area contributed by atoms with Crippen LogP contribution < -0.4 is 16.8 Å². The monoisotopic (exact) mass is 458 g/mol. The van der Waals surface area contributed by atoms with Crippen LogP contribution in [0.2, 0.25) is 0 Å². The molecule has 1 amide bonds. The molecule has 0 bridgehead atoms. The zero-order valence-electron chi connectivity index (χ0n) is 16.4. The second-order valence-corrected chi connectivity index (χ2v) is 7.93. The van der Waals surface area contributed by atoms with Crippen molar-refractivity contribution in [2.45, 2.75) is 25.6 Å². The van der Waals surface area contributed by atoms with E-state index in [2.05, 4.69) is 10.3 Å². The zero-order chi connectivity index (χ0) is 22.5. The molecule has 0 fully saturated rings. The van der Waals surface area contributed by atoms with Crippen molar-refractivity contribution in [3.8, 4) is 0 Å². The number of allylic oxidation sites excluding steroid dienone is 1. The van der Waals surface area contributed by atoms with Crippen LogP contribution in [-0.4, -0.2) is 31.3 Å². The summed E-state index contributed by atoms with van der Waals surface area (Å²) in [6.07, 6.45) is -3.31. The molecular weight excluding hydrogens is 437 g/mol. The zero-order valence-corrected chi connectivity index (χ0v) is 18.0. The summed E-state index contributed by atoms with van der Waals surface area (Å²) in [5, 5.41) is 2.97. The smallest absolute Gasteiger partial charge is 0.403 e. The first-order valence-electron chi connectivity index (χ1n) is 8.93. The Balaban J connectivity index is 2.22. The van der Waals surface area contributed by atoms with Gasteiger partial charge in [0.25, 0.3) is 5.91 Å². The lowest BCUT2D eigenvalue weighted by Crippen LogP contribution is -2.41. The third kappa shape index (κ3) is 5.62. The van der Waals surface area contributed by atoms with Crippen molar-refractivity contribution in [2.75, 3.05) is 13.6 Å². The maximum absolute atomic E-state index is 13.2. The fourth-order valence-corrected chi connectivity index (χ4v) is 4.28. The van der Waals surface area contributed by atoms with Crippen LogP contribution >= 0.6 is 22.9 Å². The van der Waals surface area contributed by atoms with Gasteiger partial charge in [-0.3, -0.25) is 9.79 Å². The standard InChI is InChI=1S/C20H22ClF3N4OS/c1-11-7-16(30-18(11)17(27-2)15(21)10-26)19(29)28-13(9-25)8-12-5-3-4-6-14(12)20(22,23)24/h3-7,10,13H,8-9,25-26H2,1-2H3,(H,28,29). The van der Waals surface area contributed by atoms with E-state index in [1.165, 1.54) is 35.7 Å². The van der Waals surface area contributed by atoms with E-state index in [1.54, 1.807) is 20.0 Å². The first-order valence-corrected chi connectivity index (χ1v) is 10.1. The number of aryl methyl sites for hydroxylation is 1. The molecule has 0 saturated carbocycles. The maximum Gasteiger partial charge on any atom is 0.416 e. The molecule has 1 aromatic heterocycles. The Morgan fingerprint density at radius 1 is 1.37 bits per heavy atom. The Labute approximate surface area is 181 Å². The lowest BCUT2D eigenvalue weighted by atomic mass is 9.99. The molecule has 1 heterocycles. The van der Waals surface area contributed by atoms with Gasteiger partial charge in [-0.15, -0.1) is 11.3 Å². The number of nitrogens with one attached hydrogen (secondary N) is 1. The molecule has 0 saturated heterocycles. The lowest BCUT2D eigenvalue weighted by Gasteiger charge is -2.19. The molecule has 0 aliphatic heterocycles. The largest absolute Gasteiger partial charge is 0.416 e. The highest BCUT2D eigenvalue weighted by Gasteiger charge is 2.33. The molecule has 10 heteroatoms. The van der Waals surface area contributed by atoms with Gasteiger partial charge in [0.05, 0.1) is 26.1 Å². The van der Waals surface area contributed by atoms with Crippen LogP contribution in [0.15, 0.2) is 46.6 Å². The molecule has 2 rings (SSSR count). The van der Waals surface area contributed by atoms with Crippen molar-refractivity contribution in [2.24, 2.45) is 16.5 Å². The van der Waals surface area contributed by atoms with Gasteiger partial charge in [0.2, 0.25) is 0 Å². The molecule has 5 N–H and O–H groups in total. The third-order valence-electron chi connectivity index (χ3n) is 4.36. The van der Waals surface area contributed by atoms with Crippen molar-refractivity contribution in [3.63, 3.8) is 0 Å². The number of alkyl halides is 3. The number of carbonyl (C=O) groups is 1. The molecule has 0 aliphatic rings. The first-order chi connectivity index (χ1) is 14.1. The van der Waals surface area contributed by atoms with E-state index in [4.69, 9.17) is 23.1 Å². The average Bonchev–Trinajstić information content (AvgIpc) is 3.09. The number of benzene rings is 1. The summed E-state index contributed by atoms with van der Waals surface area (Å²) < 4.78 is 39.7. The van der Waals surface area contributed by atoms with Crippen LogP contribution in [-0.2, 0) is 12.6 Å². The molecule has 162 valence electrons. The minimum absolute atomic E-state index is 0.0153. The lowest BCUT2D eigenvalue weighted by molar-refractivity contribution is -0.138. The van der Waals surface area contributed by atoms with E-state index in [-0.39, 0.29) is 23.6 Å². The molecule has 5 nitrogen and oxygen atoms in total. The minimum Gasteiger partial charge on any atom is -0.403 e. The molecule has 30 heavy (non-hydrogen) atoms. The average molecular weight is 459 g/mol. The number of nitrogens with zero attached hydrogens (tertiary/aromatic N) is 1. The Kier molecular flexibility index (Phi) is 8.05. The number of hydrogen-bond acceptors (Lipinski definition) is 5. The van der Waals surface area contributed by atoms with Crippen LogP contribution in [0.1, 0.15) is 31.2 Å². The van der Waals surface area contributed by atoms with Crippen molar-refractivity contribution >= 4 is 34.6 Å². The summed E-state index contributed by atoms with van der Waals surface area (Å²) >= 11 is 7.24. The SMILES string of the molecule is CN=C(C(Cl)=CN)c1sc(C(=O)NC(CN)Cc2ccccc2C(F)(F)F)cc1C. The molecule has 1 aromatic carbocycles. The van der Waals surface area contributed by atoms with Gasteiger partial charge in [0, 0.05) is 25.8 Å². The summed E-state index contributed by atoms with van der Waals surface area (Å²) in [5.41, 5.74) is 11.7. The number of hydrogen-bond donors (Lipinski definition) is 3. The van der Waals surface area contributed by atoms with E-state index < -0.39 is 23.7 Å². The van der Waals surface area contributed by atoms with Gasteiger partial charge in [0.15, 0.2) is 0 Å². The van der Waals surface area contributed by atoms with E-state index in [1.807, 2.05) is 0 Å². The van der Waals surface area contributed by atoms with E-state index in [9.17, 15) is 18.0 Å². The summed E-state index contributed by atoms with van der Waals surface area (Å²) in [7, 11) is 1.56. The molecule has 0 aliphatic carbocycles. The van der Waals surface area contributed by atoms with E-state index in [0.717, 1.165) is 11.6 Å². The molecule has 0 spiro atoms. The Morgan fingerprint density at radius 3 is 2.60 bits per heavy atom. The number of carbonyl (C=O) groups excluding carboxylic acids is 1. The Hall–Kier alpha value is -2.36. The Bertz CT molecular complexity index is 969. The number of rotatable bonds is 7. The van der Waals surface area contributed by atoms with Crippen LogP contribution in [0, 0.1) is 6.92 Å². The van der Waals surface area contributed by atoms with Gasteiger partial charge < -0.3 is 16.8 Å². The topological polar surface area (TPSA) is 93.5 Å². The van der Waals surface area contributed by atoms with Gasteiger partial charge in [-0.25, -0.2) is 0 Å². The van der Waals surface area contributed by atoms with Crippen molar-refractivity contribution < 1.29 is 18.0 Å². The number of amides is 1. The first kappa shape index (κ1) is 23.9. The van der Waals surface area contributed by atoms with Gasteiger partial charge in [0.1, 0.15) is 0 Å². The predicted octanol–water partition coefficient (Wildman–Crippen LogP) is 3.83. The molecule has 1 unspecified atom stereocenters. The minimum atomic E-state index is -4.48. The number of nitrogens with two attached hydrogens (primary N) is 2. The second kappa shape index (κ2) is 10.1. The molecule has 2 aromatic rings. The van der Waals surface area contributed by atoms with Crippen LogP contribution in [0.3, 0.4) is 0 Å². The third-order valence-corrected chi connectivity index (χ3v) is 5.91. The highest BCUT2D eigenvalue weighted by atomic mass is 35.5. The summed E-state index contributed by atoms with van der Waals surface area (Å²) in [6.45, 7) is 1.78. The van der Waals surface area contributed by atoms with Crippen molar-refractivity contribution in [3.05, 3.63) is 68.0 Å². The highest BCUT2D eigenvalue weighted by Crippen LogP contribution is 2.32. The molecular formula is C20H22ClF3N4OS. The van der Waals surface area contributed by atoms with E-state index in [0.29, 0.717) is 15.5 Å². The predicted molar refractivity (Wildman–Crippen MR) is 115 cm³/mol. The van der Waals surface area contributed by atoms with Crippen molar-refractivity contribution in [1.29, 1.82) is 0 Å². The molecule has 1 atom stereocenters. The van der Waals surface area contributed by atoms with Crippen LogP contribution in [0.4, 0.5) is 13.2 Å². The number of aliphatic imine (C=N–C) groups is 1. The van der Waals surface area contributed by atoms with Gasteiger partial charge in [-0.05, 0) is 36.6 Å². The number of thiophene rings is 1. The highest BCUT2D eigenvalue weighted by molar-refractivity contribution is 7.16. The van der Waals surface area contributed by atoms with Gasteiger partial charge >= 0.3 is 6.18 Å². The van der Waals surface area contributed by atoms with Crippen LogP contribution in [0.5, 0.6) is 0 Å². The maximum atomic E-state index is 13.2. The second-order valence-electron chi connectivity index (χ2n) is 6.47. The van der Waals surface area contributed by atoms with Crippen molar-refractivity contribution in [1.82, 2.24) is 5.32 Å². The molecule has 0 radical (unpaired) electrons. The summed E-state index contributed by atoms with van der Waals surface area (Å²) in [6, 6.07) is 6.24. The summed E-state index contributed by atoms with van der Waals surface area (Å²) in [4.78, 5) is 17.9. The summed E-state index contributed by atoms with van der Waals surface area (Å²) in [5.74, 6) is -0.433. The fourth-order valence-electron chi connectivity index (χ4n) is 2.91. The normalized spacial score (nSPS) is 14.0. The number of halogens is 4.